The normalized spacial score (nSPS) is 18.5. The number of hydrazine groups is 1. The van der Waals surface area contributed by atoms with Gasteiger partial charge in [-0.15, -0.1) is 0 Å². The Kier molecular flexibility index (Phi) is 6.01. The molecule has 8 nitrogen and oxygen atoms in total. The molecule has 0 aliphatic carbocycles. The molecule has 0 radical (unpaired) electrons. The lowest BCUT2D eigenvalue weighted by Crippen LogP contribution is -2.39. The Bertz CT molecular complexity index is 1160. The summed E-state index contributed by atoms with van der Waals surface area (Å²) in [5.74, 6) is 0.940. The molecule has 3 N–H and O–H groups in total. The van der Waals surface area contributed by atoms with E-state index in [1.54, 1.807) is 36.2 Å². The molecule has 1 aliphatic rings. The van der Waals surface area contributed by atoms with Gasteiger partial charge in [0.15, 0.2) is 0 Å². The van der Waals surface area contributed by atoms with Crippen molar-refractivity contribution in [2.45, 2.75) is 38.9 Å². The molecule has 1 fully saturated rings. The molecular weight excluding hydrogens is 394 g/mol. The average Bonchev–Trinajstić information content (AvgIpc) is 3.26. The van der Waals surface area contributed by atoms with Crippen LogP contribution in [-0.4, -0.2) is 28.6 Å². The Morgan fingerprint density at radius 3 is 2.84 bits per heavy atom. The van der Waals surface area contributed by atoms with Crippen molar-refractivity contribution in [1.29, 1.82) is 0 Å². The number of nitrogens with one attached hydrogen (secondary N) is 3. The van der Waals surface area contributed by atoms with Crippen LogP contribution in [0.5, 0.6) is 5.75 Å². The minimum atomic E-state index is -0.419. The molecule has 2 atom stereocenters. The van der Waals surface area contributed by atoms with Crippen molar-refractivity contribution < 1.29 is 9.53 Å². The van der Waals surface area contributed by atoms with E-state index in [4.69, 9.17) is 4.74 Å². The lowest BCUT2D eigenvalue weighted by Gasteiger charge is -2.14. The highest BCUT2D eigenvalue weighted by Crippen LogP contribution is 2.30. The number of para-hydroxylation sites is 1. The maximum absolute atomic E-state index is 12.8. The number of hydrogen-bond donors (Lipinski definition) is 3. The molecule has 2 aromatic carbocycles. The highest BCUT2D eigenvalue weighted by molar-refractivity contribution is 5.96. The fraction of sp³-hybridized carbons (Fsp3) is 0.348. The van der Waals surface area contributed by atoms with Crippen LogP contribution in [0.3, 0.4) is 0 Å². The van der Waals surface area contributed by atoms with Crippen molar-refractivity contribution in [3.8, 4) is 5.75 Å². The van der Waals surface area contributed by atoms with Crippen LogP contribution < -0.4 is 26.5 Å². The van der Waals surface area contributed by atoms with E-state index < -0.39 is 6.04 Å². The summed E-state index contributed by atoms with van der Waals surface area (Å²) in [6.45, 7) is 4.70. The van der Waals surface area contributed by atoms with Gasteiger partial charge < -0.3 is 10.1 Å². The third-order valence-corrected chi connectivity index (χ3v) is 5.39. The Morgan fingerprint density at radius 2 is 2.06 bits per heavy atom. The first kappa shape index (κ1) is 21.0. The number of carbonyl (C=O) groups is 1. The second-order valence-corrected chi connectivity index (χ2v) is 8.19. The number of rotatable bonds is 6. The van der Waals surface area contributed by atoms with Crippen molar-refractivity contribution in [2.75, 3.05) is 12.4 Å². The first-order chi connectivity index (χ1) is 15.0. The molecule has 0 saturated carbocycles. The molecule has 0 bridgehead atoms. The van der Waals surface area contributed by atoms with Crippen LogP contribution in [0.25, 0.3) is 10.9 Å². The Balaban J connectivity index is 1.49. The number of ether oxygens (including phenoxy) is 1. The third-order valence-electron chi connectivity index (χ3n) is 5.39. The lowest BCUT2D eigenvalue weighted by molar-refractivity contribution is -0.117. The number of anilines is 1. The van der Waals surface area contributed by atoms with Crippen LogP contribution in [0.15, 0.2) is 53.6 Å². The van der Waals surface area contributed by atoms with E-state index in [0.29, 0.717) is 35.5 Å². The van der Waals surface area contributed by atoms with Gasteiger partial charge in [0.1, 0.15) is 11.8 Å². The minimum Gasteiger partial charge on any atom is -0.496 e. The highest BCUT2D eigenvalue weighted by Gasteiger charge is 2.31. The molecule has 31 heavy (non-hydrogen) atoms. The average molecular weight is 422 g/mol. The monoisotopic (exact) mass is 421 g/mol. The largest absolute Gasteiger partial charge is 0.496 e. The minimum absolute atomic E-state index is 0.0454. The van der Waals surface area contributed by atoms with Gasteiger partial charge in [0.05, 0.1) is 30.4 Å². The van der Waals surface area contributed by atoms with Crippen LogP contribution >= 0.6 is 0 Å². The van der Waals surface area contributed by atoms with E-state index in [9.17, 15) is 9.59 Å². The quantitative estimate of drug-likeness (QED) is 0.566. The fourth-order valence-electron chi connectivity index (χ4n) is 3.88. The van der Waals surface area contributed by atoms with Gasteiger partial charge in [-0.25, -0.2) is 15.8 Å². The van der Waals surface area contributed by atoms with Crippen molar-refractivity contribution in [3.05, 3.63) is 64.7 Å². The van der Waals surface area contributed by atoms with Crippen molar-refractivity contribution in [3.63, 3.8) is 0 Å². The SMILES string of the molecule is COc1ccccc1C1CC(C(=O)Nc2ccc3ncn(CC(C)C)c(=O)c3c2)NN1. The maximum atomic E-state index is 12.8. The van der Waals surface area contributed by atoms with Crippen LogP contribution in [-0.2, 0) is 11.3 Å². The van der Waals surface area contributed by atoms with Gasteiger partial charge in [0.25, 0.3) is 5.56 Å². The highest BCUT2D eigenvalue weighted by atomic mass is 16.5. The molecule has 3 aromatic rings. The zero-order valence-corrected chi connectivity index (χ0v) is 17.9. The first-order valence-electron chi connectivity index (χ1n) is 10.4. The van der Waals surface area contributed by atoms with E-state index in [1.807, 2.05) is 38.1 Å². The second kappa shape index (κ2) is 8.87. The van der Waals surface area contributed by atoms with E-state index in [-0.39, 0.29) is 17.5 Å². The lowest BCUT2D eigenvalue weighted by atomic mass is 10.0. The number of fused-ring (bicyclic) bond motifs is 1. The number of nitrogens with zero attached hydrogens (tertiary/aromatic N) is 2. The predicted molar refractivity (Wildman–Crippen MR) is 120 cm³/mol. The third kappa shape index (κ3) is 4.45. The van der Waals surface area contributed by atoms with E-state index >= 15 is 0 Å². The predicted octanol–water partition coefficient (Wildman–Crippen LogP) is 2.61. The maximum Gasteiger partial charge on any atom is 0.261 e. The van der Waals surface area contributed by atoms with Gasteiger partial charge in [0, 0.05) is 17.8 Å². The van der Waals surface area contributed by atoms with E-state index in [2.05, 4.69) is 21.2 Å². The van der Waals surface area contributed by atoms with Gasteiger partial charge in [-0.2, -0.15) is 0 Å². The molecule has 1 amide bonds. The molecule has 1 aromatic heterocycles. The Morgan fingerprint density at radius 1 is 1.26 bits per heavy atom. The summed E-state index contributed by atoms with van der Waals surface area (Å²) in [4.78, 5) is 30.0. The van der Waals surface area contributed by atoms with E-state index in [0.717, 1.165) is 11.3 Å². The molecule has 1 aliphatic heterocycles. The van der Waals surface area contributed by atoms with Gasteiger partial charge >= 0.3 is 0 Å². The fourth-order valence-corrected chi connectivity index (χ4v) is 3.88. The summed E-state index contributed by atoms with van der Waals surface area (Å²) < 4.78 is 7.04. The first-order valence-corrected chi connectivity index (χ1v) is 10.4. The Hall–Kier alpha value is -3.23. The van der Waals surface area contributed by atoms with Crippen LogP contribution in [0.4, 0.5) is 5.69 Å². The van der Waals surface area contributed by atoms with Gasteiger partial charge in [0.2, 0.25) is 5.91 Å². The van der Waals surface area contributed by atoms with Crippen LogP contribution in [0, 0.1) is 5.92 Å². The molecule has 1 saturated heterocycles. The van der Waals surface area contributed by atoms with E-state index in [1.165, 1.54) is 0 Å². The second-order valence-electron chi connectivity index (χ2n) is 8.19. The smallest absolute Gasteiger partial charge is 0.261 e. The van der Waals surface area contributed by atoms with Gasteiger partial charge in [-0.05, 0) is 36.6 Å². The molecule has 2 heterocycles. The summed E-state index contributed by atoms with van der Waals surface area (Å²) in [6, 6.07) is 12.5. The van der Waals surface area contributed by atoms with Crippen molar-refractivity contribution in [2.24, 2.45) is 5.92 Å². The zero-order valence-electron chi connectivity index (χ0n) is 17.9. The number of methoxy groups -OCH3 is 1. The summed E-state index contributed by atoms with van der Waals surface area (Å²) in [5.41, 5.74) is 8.31. The topological polar surface area (TPSA) is 97.3 Å². The molecule has 0 spiro atoms. The number of carbonyl (C=O) groups excluding carboxylic acids is 1. The number of aromatic nitrogens is 2. The summed E-state index contributed by atoms with van der Waals surface area (Å²) >= 11 is 0. The molecule has 2 unspecified atom stereocenters. The van der Waals surface area contributed by atoms with Gasteiger partial charge in [-0.3, -0.25) is 14.2 Å². The van der Waals surface area contributed by atoms with Gasteiger partial charge in [-0.1, -0.05) is 32.0 Å². The number of amides is 1. The molecule has 8 heteroatoms. The number of hydrogen-bond acceptors (Lipinski definition) is 6. The van der Waals surface area contributed by atoms with Crippen LogP contribution in [0.1, 0.15) is 31.9 Å². The van der Waals surface area contributed by atoms with Crippen molar-refractivity contribution >= 4 is 22.5 Å². The van der Waals surface area contributed by atoms with Crippen LogP contribution in [0.2, 0.25) is 0 Å². The summed E-state index contributed by atoms with van der Waals surface area (Å²) in [7, 11) is 1.63. The standard InChI is InChI=1S/C23H27N5O3/c1-14(2)12-28-13-24-18-9-8-15(10-17(18)23(28)30)25-22(29)20-11-19(26-27-20)16-6-4-5-7-21(16)31-3/h4-10,13-14,19-20,26-27H,11-12H2,1-3H3,(H,25,29). The zero-order chi connectivity index (χ0) is 22.0. The molecular formula is C23H27N5O3. The van der Waals surface area contributed by atoms with Crippen molar-refractivity contribution in [1.82, 2.24) is 20.4 Å². The number of benzene rings is 2. The molecule has 162 valence electrons. The Labute approximate surface area is 180 Å². The molecule has 4 rings (SSSR count). The summed E-state index contributed by atoms with van der Waals surface area (Å²) in [5, 5.41) is 3.41. The summed E-state index contributed by atoms with van der Waals surface area (Å²) in [6.07, 6.45) is 2.15.